The molecule has 2 aromatic heterocycles. The summed E-state index contributed by atoms with van der Waals surface area (Å²) < 4.78 is 6.23. The Morgan fingerprint density at radius 3 is 2.52 bits per heavy atom. The molecular weight excluding hydrogens is 546 g/mol. The van der Waals surface area contributed by atoms with E-state index in [1.807, 2.05) is 24.3 Å². The van der Waals surface area contributed by atoms with Crippen molar-refractivity contribution in [2.75, 3.05) is 19.6 Å². The van der Waals surface area contributed by atoms with Crippen LogP contribution in [0.15, 0.2) is 52.9 Å². The zero-order valence-corrected chi connectivity index (χ0v) is 24.2. The number of nitrogens with zero attached hydrogens (tertiary/aromatic N) is 4. The summed E-state index contributed by atoms with van der Waals surface area (Å²) in [7, 11) is 0. The van der Waals surface area contributed by atoms with E-state index < -0.39 is 5.97 Å². The van der Waals surface area contributed by atoms with Crippen LogP contribution in [0.25, 0.3) is 44.3 Å². The van der Waals surface area contributed by atoms with Crippen LogP contribution in [0.4, 0.5) is 0 Å². The first-order chi connectivity index (χ1) is 20.4. The topological polar surface area (TPSA) is 115 Å². The van der Waals surface area contributed by atoms with Crippen molar-refractivity contribution < 1.29 is 14.3 Å². The standard InChI is InChI=1S/C33H29N5O3S/c1-18-23(24-6-4-8-26(19(24)2)32-37-27-9-10-35-14-29(27)42-32)5-3-7-25(18)31-36-28-12-20(11-21(13-34)30(28)41-31)15-38-16-22(17-38)33(39)40/h3-8,11-12,22,35H,9-10,14-17H2,1-2H3,(H,39,40). The molecule has 1 saturated heterocycles. The summed E-state index contributed by atoms with van der Waals surface area (Å²) in [5.74, 6) is -0.618. The van der Waals surface area contributed by atoms with E-state index in [0.717, 1.165) is 57.9 Å². The molecular formula is C33H29N5O3S. The number of likely N-dealkylation sites (tertiary alicyclic amines) is 1. The first kappa shape index (κ1) is 26.5. The number of aromatic nitrogens is 2. The van der Waals surface area contributed by atoms with Gasteiger partial charge in [-0.1, -0.05) is 30.3 Å². The maximum absolute atomic E-state index is 11.2. The summed E-state index contributed by atoms with van der Waals surface area (Å²) in [5, 5.41) is 23.6. The molecule has 3 aromatic carbocycles. The molecule has 0 bridgehead atoms. The van der Waals surface area contributed by atoms with Crippen LogP contribution >= 0.6 is 11.3 Å². The van der Waals surface area contributed by atoms with Crippen LogP contribution in [0.1, 0.15) is 32.8 Å². The number of nitriles is 1. The summed E-state index contributed by atoms with van der Waals surface area (Å²) in [5.41, 5.74) is 10.1. The van der Waals surface area contributed by atoms with Gasteiger partial charge < -0.3 is 14.8 Å². The quantitative estimate of drug-likeness (QED) is 0.256. The summed E-state index contributed by atoms with van der Waals surface area (Å²) in [6, 6.07) is 18.6. The third-order valence-corrected chi connectivity index (χ3v) is 9.53. The van der Waals surface area contributed by atoms with Crippen LogP contribution in [-0.4, -0.2) is 45.6 Å². The summed E-state index contributed by atoms with van der Waals surface area (Å²) in [4.78, 5) is 24.4. The van der Waals surface area contributed by atoms with Crippen LogP contribution in [0.5, 0.6) is 0 Å². The van der Waals surface area contributed by atoms with Gasteiger partial charge >= 0.3 is 5.97 Å². The first-order valence-electron chi connectivity index (χ1n) is 14.1. The molecule has 2 N–H and O–H groups in total. The molecule has 7 rings (SSSR count). The lowest BCUT2D eigenvalue weighted by Crippen LogP contribution is -2.49. The van der Waals surface area contributed by atoms with Crippen molar-refractivity contribution in [2.24, 2.45) is 5.92 Å². The van der Waals surface area contributed by atoms with Gasteiger partial charge in [0.25, 0.3) is 0 Å². The zero-order valence-electron chi connectivity index (χ0n) is 23.4. The number of carbonyl (C=O) groups is 1. The van der Waals surface area contributed by atoms with Gasteiger partial charge in [0.1, 0.15) is 16.6 Å². The Hall–Kier alpha value is -4.36. The van der Waals surface area contributed by atoms with E-state index >= 15 is 0 Å². The maximum Gasteiger partial charge on any atom is 0.309 e. The van der Waals surface area contributed by atoms with Crippen LogP contribution < -0.4 is 5.32 Å². The van der Waals surface area contributed by atoms with Gasteiger partial charge in [0.2, 0.25) is 5.89 Å². The maximum atomic E-state index is 11.2. The van der Waals surface area contributed by atoms with Crippen LogP contribution in [0.3, 0.4) is 0 Å². The second kappa shape index (κ2) is 10.5. The predicted molar refractivity (Wildman–Crippen MR) is 162 cm³/mol. The molecule has 0 spiro atoms. The van der Waals surface area contributed by atoms with E-state index in [-0.39, 0.29) is 5.92 Å². The van der Waals surface area contributed by atoms with Gasteiger partial charge in [0.15, 0.2) is 5.58 Å². The third kappa shape index (κ3) is 4.58. The smallest absolute Gasteiger partial charge is 0.309 e. The highest BCUT2D eigenvalue weighted by Crippen LogP contribution is 2.39. The van der Waals surface area contributed by atoms with Gasteiger partial charge in [-0.25, -0.2) is 9.97 Å². The van der Waals surface area contributed by atoms with E-state index in [4.69, 9.17) is 14.4 Å². The predicted octanol–water partition coefficient (Wildman–Crippen LogP) is 5.94. The van der Waals surface area contributed by atoms with E-state index in [1.165, 1.54) is 16.1 Å². The number of carboxylic acid groups (broad SMARTS) is 1. The van der Waals surface area contributed by atoms with Crippen molar-refractivity contribution in [2.45, 2.75) is 33.4 Å². The highest BCUT2D eigenvalue weighted by Gasteiger charge is 2.32. The Labute approximate surface area is 247 Å². The van der Waals surface area contributed by atoms with Crippen molar-refractivity contribution >= 4 is 28.4 Å². The highest BCUT2D eigenvalue weighted by molar-refractivity contribution is 7.15. The zero-order chi connectivity index (χ0) is 29.0. The van der Waals surface area contributed by atoms with Gasteiger partial charge in [-0.15, -0.1) is 11.3 Å². The van der Waals surface area contributed by atoms with Crippen molar-refractivity contribution in [1.82, 2.24) is 20.2 Å². The SMILES string of the molecule is Cc1c(-c2nc3cc(CN4CC(C(=O)O)C4)cc(C#N)c3o2)cccc1-c1cccc(-c2nc3c(s2)CNCC3)c1C. The Bertz CT molecular complexity index is 1890. The molecule has 2 aliphatic rings. The Morgan fingerprint density at radius 2 is 1.81 bits per heavy atom. The molecule has 0 saturated carbocycles. The second-order valence-electron chi connectivity index (χ2n) is 11.1. The van der Waals surface area contributed by atoms with Crippen molar-refractivity contribution in [3.8, 4) is 39.2 Å². The first-order valence-corrected chi connectivity index (χ1v) is 14.9. The molecule has 2 aliphatic heterocycles. The molecule has 0 radical (unpaired) electrons. The molecule has 1 fully saturated rings. The largest absolute Gasteiger partial charge is 0.481 e. The van der Waals surface area contributed by atoms with Crippen molar-refractivity contribution in [3.63, 3.8) is 0 Å². The van der Waals surface area contributed by atoms with Gasteiger partial charge in [0, 0.05) is 55.1 Å². The number of rotatable bonds is 6. The fraction of sp³-hybridized carbons (Fsp3) is 0.273. The summed E-state index contributed by atoms with van der Waals surface area (Å²) >= 11 is 1.77. The van der Waals surface area contributed by atoms with Crippen molar-refractivity contribution in [1.29, 1.82) is 5.26 Å². The molecule has 210 valence electrons. The second-order valence-corrected chi connectivity index (χ2v) is 12.2. The minimum absolute atomic E-state index is 0.327. The normalized spacial score (nSPS) is 15.4. The molecule has 0 amide bonds. The molecule has 9 heteroatoms. The number of fused-ring (bicyclic) bond motifs is 2. The van der Waals surface area contributed by atoms with Crippen molar-refractivity contribution in [3.05, 3.63) is 81.4 Å². The van der Waals surface area contributed by atoms with Crippen LogP contribution in [0.2, 0.25) is 0 Å². The molecule has 0 atom stereocenters. The molecule has 0 aliphatic carbocycles. The lowest BCUT2D eigenvalue weighted by Gasteiger charge is -2.36. The van der Waals surface area contributed by atoms with Gasteiger partial charge in [-0.2, -0.15) is 5.26 Å². The molecule has 4 heterocycles. The van der Waals surface area contributed by atoms with Gasteiger partial charge in [0.05, 0.1) is 17.2 Å². The average Bonchev–Trinajstić information content (AvgIpc) is 3.59. The minimum Gasteiger partial charge on any atom is -0.481 e. The lowest BCUT2D eigenvalue weighted by atomic mass is 9.91. The van der Waals surface area contributed by atoms with E-state index in [9.17, 15) is 15.2 Å². The number of aliphatic carboxylic acids is 1. The Balaban J connectivity index is 1.23. The number of nitrogens with one attached hydrogen (secondary N) is 1. The molecule has 8 nitrogen and oxygen atoms in total. The van der Waals surface area contributed by atoms with E-state index in [2.05, 4.69) is 54.4 Å². The number of hydrogen-bond donors (Lipinski definition) is 2. The number of carboxylic acids is 1. The third-order valence-electron chi connectivity index (χ3n) is 8.40. The fourth-order valence-corrected chi connectivity index (χ4v) is 7.21. The van der Waals surface area contributed by atoms with E-state index in [1.54, 1.807) is 11.3 Å². The Morgan fingerprint density at radius 1 is 1.10 bits per heavy atom. The fourth-order valence-electron chi connectivity index (χ4n) is 6.05. The summed E-state index contributed by atoms with van der Waals surface area (Å²) in [6.45, 7) is 7.68. The minimum atomic E-state index is -0.764. The lowest BCUT2D eigenvalue weighted by molar-refractivity contribution is -0.147. The number of oxazole rings is 1. The van der Waals surface area contributed by atoms with Gasteiger partial charge in [-0.3, -0.25) is 9.69 Å². The Kier molecular flexibility index (Phi) is 6.62. The van der Waals surface area contributed by atoms with Gasteiger partial charge in [-0.05, 0) is 59.9 Å². The molecule has 0 unspecified atom stereocenters. The summed E-state index contributed by atoms with van der Waals surface area (Å²) in [6.07, 6.45) is 0.967. The number of hydrogen-bond acceptors (Lipinski definition) is 8. The van der Waals surface area contributed by atoms with E-state index in [0.29, 0.717) is 42.2 Å². The van der Waals surface area contributed by atoms with Crippen LogP contribution in [0, 0.1) is 31.1 Å². The number of benzene rings is 3. The molecule has 5 aromatic rings. The average molecular weight is 576 g/mol. The number of thiazole rings is 1. The van der Waals surface area contributed by atoms with Crippen LogP contribution in [-0.2, 0) is 24.3 Å². The monoisotopic (exact) mass is 575 g/mol. The highest BCUT2D eigenvalue weighted by atomic mass is 32.1. The molecule has 42 heavy (non-hydrogen) atoms.